The van der Waals surface area contributed by atoms with Gasteiger partial charge in [0.15, 0.2) is 11.2 Å². The number of hydrogen-bond acceptors (Lipinski definition) is 4. The van der Waals surface area contributed by atoms with Crippen molar-refractivity contribution >= 4 is 35.0 Å². The van der Waals surface area contributed by atoms with E-state index in [1.165, 1.54) is 6.07 Å². The zero-order valence-electron chi connectivity index (χ0n) is 9.90. The van der Waals surface area contributed by atoms with Crippen LogP contribution in [-0.4, -0.2) is 15.1 Å². The maximum Gasteiger partial charge on any atom is 0.268 e. The average Bonchev–Trinajstić information content (AvgIpc) is 2.67. The number of nitrogens with one attached hydrogen (secondary N) is 1. The van der Waals surface area contributed by atoms with Crippen LogP contribution in [0.2, 0.25) is 5.02 Å². The van der Waals surface area contributed by atoms with E-state index in [9.17, 15) is 5.11 Å². The number of H-pyrrole nitrogens is 1. The number of rotatable bonds is 1. The van der Waals surface area contributed by atoms with Crippen LogP contribution >= 0.6 is 23.8 Å². The van der Waals surface area contributed by atoms with Crippen molar-refractivity contribution in [1.82, 2.24) is 9.97 Å². The number of aromatic amines is 1. The van der Waals surface area contributed by atoms with Gasteiger partial charge in [-0.2, -0.15) is 0 Å². The van der Waals surface area contributed by atoms with E-state index in [0.717, 1.165) is 5.56 Å². The lowest BCUT2D eigenvalue weighted by Gasteiger charge is -2.08. The van der Waals surface area contributed by atoms with Gasteiger partial charge in [0.05, 0.1) is 5.69 Å². The molecule has 19 heavy (non-hydrogen) atoms. The van der Waals surface area contributed by atoms with Crippen molar-refractivity contribution in [3.63, 3.8) is 0 Å². The molecule has 0 radical (unpaired) electrons. The number of nitrogens with zero attached hydrogens (tertiary/aromatic N) is 1. The molecule has 0 aliphatic heterocycles. The lowest BCUT2D eigenvalue weighted by Crippen LogP contribution is -1.89. The van der Waals surface area contributed by atoms with Crippen molar-refractivity contribution in [2.24, 2.45) is 0 Å². The van der Waals surface area contributed by atoms with Gasteiger partial charge in [-0.3, -0.25) is 4.98 Å². The summed E-state index contributed by atoms with van der Waals surface area (Å²) in [6.07, 6.45) is 0. The predicted molar refractivity (Wildman–Crippen MR) is 76.0 cm³/mol. The summed E-state index contributed by atoms with van der Waals surface area (Å²) in [7, 11) is 0. The maximum absolute atomic E-state index is 10.0. The first-order valence-electron chi connectivity index (χ1n) is 5.54. The Kier molecular flexibility index (Phi) is 2.80. The van der Waals surface area contributed by atoms with Crippen molar-refractivity contribution in [2.45, 2.75) is 6.92 Å². The fraction of sp³-hybridized carbons (Fsp3) is 0.0769. The average molecular weight is 293 g/mol. The van der Waals surface area contributed by atoms with Gasteiger partial charge in [0, 0.05) is 10.6 Å². The molecular formula is C13H9ClN2O2S. The van der Waals surface area contributed by atoms with Gasteiger partial charge in [-0.1, -0.05) is 11.6 Å². The number of halogens is 1. The van der Waals surface area contributed by atoms with E-state index < -0.39 is 0 Å². The Bertz CT molecular complexity index is 815. The first kappa shape index (κ1) is 12.2. The third-order valence-corrected chi connectivity index (χ3v) is 3.22. The SMILES string of the molecule is Cc1cc(Cl)cc(O)c1-c1ccc2oc(=S)[nH]c2n1. The van der Waals surface area contributed by atoms with Crippen LogP contribution in [0.1, 0.15) is 5.56 Å². The number of phenols is 1. The largest absolute Gasteiger partial charge is 0.507 e. The van der Waals surface area contributed by atoms with Crippen LogP contribution in [0.15, 0.2) is 28.7 Å². The molecule has 3 rings (SSSR count). The Balaban J connectivity index is 2.27. The number of aryl methyl sites for hydroxylation is 1. The molecule has 2 heterocycles. The molecule has 2 N–H and O–H groups in total. The Labute approximate surface area is 118 Å². The molecule has 0 fully saturated rings. The van der Waals surface area contributed by atoms with Crippen molar-refractivity contribution in [2.75, 3.05) is 0 Å². The van der Waals surface area contributed by atoms with Crippen molar-refractivity contribution < 1.29 is 9.52 Å². The van der Waals surface area contributed by atoms with Crippen LogP contribution in [0.4, 0.5) is 0 Å². The van der Waals surface area contributed by atoms with Gasteiger partial charge in [-0.15, -0.1) is 0 Å². The summed E-state index contributed by atoms with van der Waals surface area (Å²) < 4.78 is 5.25. The number of oxazole rings is 1. The molecule has 6 heteroatoms. The van der Waals surface area contributed by atoms with Gasteiger partial charge in [0.2, 0.25) is 0 Å². The van der Waals surface area contributed by atoms with Crippen molar-refractivity contribution in [3.05, 3.63) is 39.7 Å². The van der Waals surface area contributed by atoms with E-state index >= 15 is 0 Å². The highest BCUT2D eigenvalue weighted by Crippen LogP contribution is 2.34. The molecule has 3 aromatic rings. The van der Waals surface area contributed by atoms with Crippen molar-refractivity contribution in [3.8, 4) is 17.0 Å². The molecule has 0 atom stereocenters. The third kappa shape index (κ3) is 2.11. The van der Waals surface area contributed by atoms with Gasteiger partial charge >= 0.3 is 0 Å². The molecule has 1 aromatic carbocycles. The normalized spacial score (nSPS) is 11.1. The van der Waals surface area contributed by atoms with Gasteiger partial charge in [-0.25, -0.2) is 4.98 Å². The van der Waals surface area contributed by atoms with E-state index in [1.54, 1.807) is 18.2 Å². The minimum atomic E-state index is 0.0962. The van der Waals surface area contributed by atoms with E-state index in [1.807, 2.05) is 6.92 Å². The number of pyridine rings is 1. The molecule has 0 aliphatic carbocycles. The summed E-state index contributed by atoms with van der Waals surface area (Å²) in [6, 6.07) is 6.80. The smallest absolute Gasteiger partial charge is 0.268 e. The molecule has 0 spiro atoms. The number of aromatic hydroxyl groups is 1. The van der Waals surface area contributed by atoms with E-state index in [-0.39, 0.29) is 10.6 Å². The summed E-state index contributed by atoms with van der Waals surface area (Å²) in [5, 5.41) is 10.5. The minimum absolute atomic E-state index is 0.0962. The highest BCUT2D eigenvalue weighted by atomic mass is 35.5. The summed E-state index contributed by atoms with van der Waals surface area (Å²) in [4.78, 5) is 7.52. The molecule has 4 nitrogen and oxygen atoms in total. The highest BCUT2D eigenvalue weighted by Gasteiger charge is 2.12. The Morgan fingerprint density at radius 1 is 1.37 bits per heavy atom. The number of hydrogen-bond donors (Lipinski definition) is 2. The molecule has 96 valence electrons. The van der Waals surface area contributed by atoms with Crippen molar-refractivity contribution in [1.29, 1.82) is 0 Å². The molecule has 0 bridgehead atoms. The standard InChI is InChI=1S/C13H9ClN2O2S/c1-6-4-7(14)5-9(17)11(6)8-2-3-10-12(15-8)16-13(19)18-10/h2-5,17H,1H3,(H,15,16,19). The molecule has 0 aliphatic rings. The first-order chi connectivity index (χ1) is 9.04. The third-order valence-electron chi connectivity index (χ3n) is 2.82. The maximum atomic E-state index is 10.0. The van der Waals surface area contributed by atoms with Crippen LogP contribution in [0.25, 0.3) is 22.5 Å². The Morgan fingerprint density at radius 3 is 2.89 bits per heavy atom. The van der Waals surface area contributed by atoms with E-state index in [0.29, 0.717) is 27.5 Å². The first-order valence-corrected chi connectivity index (χ1v) is 6.32. The molecule has 0 unspecified atom stereocenters. The van der Waals surface area contributed by atoms with Gasteiger partial charge in [0.1, 0.15) is 5.75 Å². The Morgan fingerprint density at radius 2 is 2.16 bits per heavy atom. The molecule has 0 saturated heterocycles. The van der Waals surface area contributed by atoms with E-state index in [2.05, 4.69) is 9.97 Å². The fourth-order valence-electron chi connectivity index (χ4n) is 2.04. The Hall–Kier alpha value is -1.85. The molecule has 2 aromatic heterocycles. The number of aromatic nitrogens is 2. The summed E-state index contributed by atoms with van der Waals surface area (Å²) >= 11 is 10.8. The predicted octanol–water partition coefficient (Wildman–Crippen LogP) is 4.22. The van der Waals surface area contributed by atoms with Crippen LogP contribution < -0.4 is 0 Å². The zero-order chi connectivity index (χ0) is 13.6. The monoisotopic (exact) mass is 292 g/mol. The van der Waals surface area contributed by atoms with Crippen LogP contribution in [0.5, 0.6) is 5.75 Å². The summed E-state index contributed by atoms with van der Waals surface area (Å²) in [5.74, 6) is 0.0962. The second-order valence-corrected chi connectivity index (χ2v) is 4.98. The quantitative estimate of drug-likeness (QED) is 0.659. The molecule has 0 saturated carbocycles. The van der Waals surface area contributed by atoms with Crippen LogP contribution in [-0.2, 0) is 0 Å². The zero-order valence-corrected chi connectivity index (χ0v) is 11.5. The number of benzene rings is 1. The lowest BCUT2D eigenvalue weighted by molar-refractivity contribution is 0.477. The number of phenolic OH excluding ortho intramolecular Hbond substituents is 1. The second-order valence-electron chi connectivity index (χ2n) is 4.17. The summed E-state index contributed by atoms with van der Waals surface area (Å²) in [5.41, 5.74) is 3.26. The molecule has 0 amide bonds. The summed E-state index contributed by atoms with van der Waals surface area (Å²) in [6.45, 7) is 1.87. The lowest BCUT2D eigenvalue weighted by atomic mass is 10.0. The van der Waals surface area contributed by atoms with Gasteiger partial charge in [-0.05, 0) is 49.0 Å². The van der Waals surface area contributed by atoms with E-state index in [4.69, 9.17) is 28.2 Å². The topological polar surface area (TPSA) is 62.1 Å². The van der Waals surface area contributed by atoms with Crippen LogP contribution in [0, 0.1) is 11.8 Å². The minimum Gasteiger partial charge on any atom is -0.507 e. The second kappa shape index (κ2) is 4.36. The fourth-order valence-corrected chi connectivity index (χ4v) is 2.49. The van der Waals surface area contributed by atoms with Gasteiger partial charge < -0.3 is 9.52 Å². The van der Waals surface area contributed by atoms with Gasteiger partial charge in [0.25, 0.3) is 4.84 Å². The van der Waals surface area contributed by atoms with Crippen LogP contribution in [0.3, 0.4) is 0 Å². The highest BCUT2D eigenvalue weighted by molar-refractivity contribution is 7.71. The number of fused-ring (bicyclic) bond motifs is 1. The molecular weight excluding hydrogens is 284 g/mol.